The maximum absolute atomic E-state index is 13.3. The first-order valence-corrected chi connectivity index (χ1v) is 11.4. The molecule has 1 aliphatic rings. The second kappa shape index (κ2) is 9.01. The third-order valence-electron chi connectivity index (χ3n) is 4.98. The van der Waals surface area contributed by atoms with E-state index in [2.05, 4.69) is 36.1 Å². The number of nitrogens with one attached hydrogen (secondary N) is 1. The molecule has 0 radical (unpaired) electrons. The van der Waals surface area contributed by atoms with Crippen LogP contribution in [-0.4, -0.2) is 27.3 Å². The number of amides is 1. The average Bonchev–Trinajstić information content (AvgIpc) is 3.35. The molecule has 1 unspecified atom stereocenters. The monoisotopic (exact) mass is 550 g/mol. The van der Waals surface area contributed by atoms with E-state index in [1.165, 1.54) is 19.1 Å². The lowest BCUT2D eigenvalue weighted by Crippen LogP contribution is -2.26. The van der Waals surface area contributed by atoms with E-state index < -0.39 is 30.4 Å². The molecule has 1 saturated carbocycles. The van der Waals surface area contributed by atoms with Gasteiger partial charge in [0.05, 0.1) is 15.9 Å². The SMILES string of the molecule is CC(C(=O)Nc1nc(-c2ccc(OC(F)F)cc2)cs1)n1nc(C(F)(F)F)c(Br)c1C1CC1. The van der Waals surface area contributed by atoms with Crippen LogP contribution in [0.2, 0.25) is 0 Å². The Hall–Kier alpha value is -2.54. The van der Waals surface area contributed by atoms with Crippen LogP contribution < -0.4 is 10.1 Å². The van der Waals surface area contributed by atoms with Crippen LogP contribution in [-0.2, 0) is 11.0 Å². The van der Waals surface area contributed by atoms with E-state index in [9.17, 15) is 26.7 Å². The molecule has 0 saturated heterocycles. The Morgan fingerprint density at radius 2 is 1.94 bits per heavy atom. The van der Waals surface area contributed by atoms with Crippen LogP contribution >= 0.6 is 27.3 Å². The summed E-state index contributed by atoms with van der Waals surface area (Å²) >= 11 is 4.14. The number of ether oxygens (including phenoxy) is 1. The fourth-order valence-electron chi connectivity index (χ4n) is 3.22. The smallest absolute Gasteiger partial charge is 0.435 e. The molecule has 4 rings (SSSR count). The summed E-state index contributed by atoms with van der Waals surface area (Å²) in [5, 5.41) is 8.20. The summed E-state index contributed by atoms with van der Waals surface area (Å²) in [7, 11) is 0. The van der Waals surface area contributed by atoms with Crippen LogP contribution in [0.1, 0.15) is 43.1 Å². The summed E-state index contributed by atoms with van der Waals surface area (Å²) in [6.45, 7) is -1.46. The van der Waals surface area contributed by atoms with Gasteiger partial charge in [-0.1, -0.05) is 0 Å². The van der Waals surface area contributed by atoms with Gasteiger partial charge in [0.1, 0.15) is 11.8 Å². The third-order valence-corrected chi connectivity index (χ3v) is 6.52. The van der Waals surface area contributed by atoms with Crippen molar-refractivity contribution in [3.63, 3.8) is 0 Å². The Balaban J connectivity index is 1.50. The van der Waals surface area contributed by atoms with Crippen molar-refractivity contribution in [1.82, 2.24) is 14.8 Å². The van der Waals surface area contributed by atoms with Crippen LogP contribution in [0, 0.1) is 0 Å². The Labute approximate surface area is 196 Å². The van der Waals surface area contributed by atoms with Gasteiger partial charge in [-0.3, -0.25) is 9.48 Å². The predicted molar refractivity (Wildman–Crippen MR) is 114 cm³/mol. The van der Waals surface area contributed by atoms with E-state index >= 15 is 0 Å². The number of benzene rings is 1. The van der Waals surface area contributed by atoms with Crippen molar-refractivity contribution in [1.29, 1.82) is 0 Å². The van der Waals surface area contributed by atoms with Crippen molar-refractivity contribution in [3.8, 4) is 17.0 Å². The Bertz CT molecular complexity index is 1160. The molecule has 33 heavy (non-hydrogen) atoms. The van der Waals surface area contributed by atoms with Crippen molar-refractivity contribution in [2.75, 3.05) is 5.32 Å². The zero-order valence-electron chi connectivity index (χ0n) is 16.9. The van der Waals surface area contributed by atoms with E-state index in [4.69, 9.17) is 0 Å². The van der Waals surface area contributed by atoms with Crippen LogP contribution in [0.25, 0.3) is 11.3 Å². The number of rotatable bonds is 7. The van der Waals surface area contributed by atoms with Gasteiger partial charge in [-0.2, -0.15) is 27.1 Å². The Morgan fingerprint density at radius 3 is 2.52 bits per heavy atom. The minimum atomic E-state index is -4.65. The highest BCUT2D eigenvalue weighted by molar-refractivity contribution is 9.10. The predicted octanol–water partition coefficient (Wildman–Crippen LogP) is 6.47. The summed E-state index contributed by atoms with van der Waals surface area (Å²) in [6.07, 6.45) is -3.19. The lowest BCUT2D eigenvalue weighted by Gasteiger charge is -2.15. The molecule has 176 valence electrons. The number of aromatic nitrogens is 3. The zero-order valence-corrected chi connectivity index (χ0v) is 19.3. The molecule has 0 bridgehead atoms. The summed E-state index contributed by atoms with van der Waals surface area (Å²) in [5.41, 5.74) is 0.408. The molecular formula is C20H16BrF5N4O2S. The molecular weight excluding hydrogens is 535 g/mol. The fourth-order valence-corrected chi connectivity index (χ4v) is 4.75. The lowest BCUT2D eigenvalue weighted by molar-refractivity contribution is -0.142. The largest absolute Gasteiger partial charge is 0.436 e. The molecule has 6 nitrogen and oxygen atoms in total. The van der Waals surface area contributed by atoms with E-state index in [-0.39, 0.29) is 21.3 Å². The topological polar surface area (TPSA) is 69.0 Å². The quantitative estimate of drug-likeness (QED) is 0.342. The van der Waals surface area contributed by atoms with Crippen molar-refractivity contribution in [2.45, 2.75) is 44.5 Å². The van der Waals surface area contributed by atoms with Gasteiger partial charge in [0.2, 0.25) is 0 Å². The van der Waals surface area contributed by atoms with Crippen molar-refractivity contribution in [2.24, 2.45) is 0 Å². The number of alkyl halides is 5. The molecule has 2 heterocycles. The maximum Gasteiger partial charge on any atom is 0.436 e. The normalized spacial score (nSPS) is 15.0. The number of carbonyl (C=O) groups is 1. The standard InChI is InChI=1S/C20H16BrF5N4O2S/c1-9(30-15(11-2-3-11)14(21)16(29-30)20(24,25)26)17(31)28-19-27-13(8-33-19)10-4-6-12(7-5-10)32-18(22)23/h4-9,11,18H,2-3H2,1H3,(H,27,28,31). The second-order valence-corrected chi connectivity index (χ2v) is 9.02. The Morgan fingerprint density at radius 1 is 1.27 bits per heavy atom. The van der Waals surface area contributed by atoms with E-state index in [1.807, 2.05) is 0 Å². The first-order chi connectivity index (χ1) is 15.5. The molecule has 2 aromatic heterocycles. The van der Waals surface area contributed by atoms with Gasteiger partial charge >= 0.3 is 12.8 Å². The van der Waals surface area contributed by atoms with Crippen LogP contribution in [0.3, 0.4) is 0 Å². The minimum Gasteiger partial charge on any atom is -0.435 e. The number of halogens is 6. The van der Waals surface area contributed by atoms with Crippen LogP contribution in [0.15, 0.2) is 34.1 Å². The summed E-state index contributed by atoms with van der Waals surface area (Å²) in [4.78, 5) is 17.1. The molecule has 0 aliphatic heterocycles. The number of thiazole rings is 1. The molecule has 0 spiro atoms. The lowest BCUT2D eigenvalue weighted by atomic mass is 10.2. The van der Waals surface area contributed by atoms with Gasteiger partial charge in [0, 0.05) is 16.9 Å². The summed E-state index contributed by atoms with van der Waals surface area (Å²) < 4.78 is 69.8. The molecule has 1 fully saturated rings. The van der Waals surface area contributed by atoms with Crippen molar-refractivity contribution in [3.05, 3.63) is 45.5 Å². The summed E-state index contributed by atoms with van der Waals surface area (Å²) in [5.74, 6) is -0.648. The van der Waals surface area contributed by atoms with Gasteiger partial charge in [-0.05, 0) is 60.0 Å². The molecule has 1 aromatic carbocycles. The highest BCUT2D eigenvalue weighted by atomic mass is 79.9. The molecule has 1 aliphatic carbocycles. The van der Waals surface area contributed by atoms with E-state index in [1.54, 1.807) is 17.5 Å². The molecule has 13 heteroatoms. The summed E-state index contributed by atoms with van der Waals surface area (Å²) in [6, 6.07) is 4.82. The third kappa shape index (κ3) is 5.18. The van der Waals surface area contributed by atoms with Crippen LogP contribution in [0.4, 0.5) is 27.1 Å². The number of hydrogen-bond acceptors (Lipinski definition) is 5. The van der Waals surface area contributed by atoms with E-state index in [0.717, 1.165) is 28.9 Å². The first-order valence-electron chi connectivity index (χ1n) is 9.71. The molecule has 1 amide bonds. The van der Waals surface area contributed by atoms with Crippen molar-refractivity contribution < 1.29 is 31.5 Å². The number of hydrogen-bond donors (Lipinski definition) is 1. The van der Waals surface area contributed by atoms with Crippen molar-refractivity contribution >= 4 is 38.3 Å². The van der Waals surface area contributed by atoms with Gasteiger partial charge in [0.25, 0.3) is 5.91 Å². The fraction of sp³-hybridized carbons (Fsp3) is 0.350. The number of carbonyl (C=O) groups excluding carboxylic acids is 1. The zero-order chi connectivity index (χ0) is 23.9. The Kier molecular flexibility index (Phi) is 6.45. The number of anilines is 1. The molecule has 1 atom stereocenters. The molecule has 1 N–H and O–H groups in total. The van der Waals surface area contributed by atoms with Gasteiger partial charge in [-0.25, -0.2) is 4.98 Å². The van der Waals surface area contributed by atoms with E-state index in [0.29, 0.717) is 17.0 Å². The number of nitrogens with zero attached hydrogens (tertiary/aromatic N) is 3. The van der Waals surface area contributed by atoms with Gasteiger partial charge in [-0.15, -0.1) is 11.3 Å². The first kappa shape index (κ1) is 23.6. The van der Waals surface area contributed by atoms with Gasteiger partial charge < -0.3 is 10.1 Å². The second-order valence-electron chi connectivity index (χ2n) is 7.37. The van der Waals surface area contributed by atoms with Crippen LogP contribution in [0.5, 0.6) is 5.75 Å². The minimum absolute atomic E-state index is 0.00130. The van der Waals surface area contributed by atoms with Gasteiger partial charge in [0.15, 0.2) is 10.8 Å². The maximum atomic E-state index is 13.3. The average molecular weight is 551 g/mol. The molecule has 3 aromatic rings. The highest BCUT2D eigenvalue weighted by Gasteiger charge is 2.43. The highest BCUT2D eigenvalue weighted by Crippen LogP contribution is 2.47.